The number of sulfonamides is 1. The molecule has 1 amide bonds. The first kappa shape index (κ1) is 26.1. The van der Waals surface area contributed by atoms with Crippen molar-refractivity contribution in [1.82, 2.24) is 9.62 Å². The van der Waals surface area contributed by atoms with Gasteiger partial charge in [-0.05, 0) is 80.0 Å². The molecular formula is C25H33N3O4S2. The van der Waals surface area contributed by atoms with Crippen LogP contribution in [0, 0.1) is 0 Å². The predicted octanol–water partition coefficient (Wildman–Crippen LogP) is 4.95. The van der Waals surface area contributed by atoms with Gasteiger partial charge in [0.2, 0.25) is 10.0 Å². The number of benzene rings is 2. The number of rotatable bonds is 9. The van der Waals surface area contributed by atoms with E-state index in [4.69, 9.17) is 17.0 Å². The van der Waals surface area contributed by atoms with Crippen LogP contribution < -0.4 is 15.4 Å². The van der Waals surface area contributed by atoms with Crippen molar-refractivity contribution in [2.24, 2.45) is 0 Å². The summed E-state index contributed by atoms with van der Waals surface area (Å²) in [4.78, 5) is 12.7. The summed E-state index contributed by atoms with van der Waals surface area (Å²) in [5, 5.41) is 5.70. The van der Waals surface area contributed by atoms with Crippen LogP contribution in [0.5, 0.6) is 5.75 Å². The molecule has 1 fully saturated rings. The number of carbonyl (C=O) groups excluding carboxylic acids is 1. The Morgan fingerprint density at radius 3 is 2.24 bits per heavy atom. The summed E-state index contributed by atoms with van der Waals surface area (Å²) in [6.07, 6.45) is 7.18. The Morgan fingerprint density at radius 2 is 1.62 bits per heavy atom. The van der Waals surface area contributed by atoms with Crippen molar-refractivity contribution in [3.8, 4) is 5.75 Å². The van der Waals surface area contributed by atoms with Crippen molar-refractivity contribution in [3.05, 3.63) is 54.1 Å². The van der Waals surface area contributed by atoms with E-state index < -0.39 is 10.0 Å². The van der Waals surface area contributed by atoms with Gasteiger partial charge in [-0.25, -0.2) is 8.42 Å². The van der Waals surface area contributed by atoms with E-state index in [0.29, 0.717) is 30.9 Å². The summed E-state index contributed by atoms with van der Waals surface area (Å²) >= 11 is 5.25. The zero-order chi connectivity index (χ0) is 24.4. The van der Waals surface area contributed by atoms with Crippen LogP contribution in [0.2, 0.25) is 0 Å². The fourth-order valence-electron chi connectivity index (χ4n) is 3.72. The first-order chi connectivity index (χ1) is 16.4. The quantitative estimate of drug-likeness (QED) is 0.372. The van der Waals surface area contributed by atoms with Crippen LogP contribution in [-0.2, 0) is 10.0 Å². The molecule has 0 unspecified atom stereocenters. The van der Waals surface area contributed by atoms with E-state index in [1.165, 1.54) is 0 Å². The van der Waals surface area contributed by atoms with E-state index in [0.717, 1.165) is 50.7 Å². The van der Waals surface area contributed by atoms with Crippen LogP contribution in [0.4, 0.5) is 5.69 Å². The number of ether oxygens (including phenoxy) is 1. The maximum atomic E-state index is 12.9. The van der Waals surface area contributed by atoms with Crippen molar-refractivity contribution in [2.75, 3.05) is 25.0 Å². The van der Waals surface area contributed by atoms with E-state index >= 15 is 0 Å². The standard InChI is InChI=1S/C25H33N3O4S2/c1-2-3-8-19-32-22-13-9-20(10-14-22)24(29)27-25(33)26-21-11-15-23(16-12-21)34(30,31)28-17-6-4-5-7-18-28/h9-16H,2-8,17-19H2,1H3,(H2,26,27,29,33). The van der Waals surface area contributed by atoms with Gasteiger partial charge in [0, 0.05) is 24.3 Å². The molecule has 9 heteroatoms. The third-order valence-electron chi connectivity index (χ3n) is 5.68. The van der Waals surface area contributed by atoms with Crippen molar-refractivity contribution in [3.63, 3.8) is 0 Å². The topological polar surface area (TPSA) is 87.7 Å². The molecule has 0 bridgehead atoms. The maximum Gasteiger partial charge on any atom is 0.257 e. The second-order valence-corrected chi connectivity index (χ2v) is 10.7. The second-order valence-electron chi connectivity index (χ2n) is 8.33. The molecule has 0 aromatic heterocycles. The lowest BCUT2D eigenvalue weighted by molar-refractivity contribution is 0.0977. The highest BCUT2D eigenvalue weighted by atomic mass is 32.2. The van der Waals surface area contributed by atoms with Crippen LogP contribution >= 0.6 is 12.2 Å². The molecule has 34 heavy (non-hydrogen) atoms. The summed E-state index contributed by atoms with van der Waals surface area (Å²) in [5.41, 5.74) is 1.06. The molecule has 1 heterocycles. The molecule has 0 radical (unpaired) electrons. The minimum Gasteiger partial charge on any atom is -0.494 e. The molecule has 3 rings (SSSR count). The van der Waals surface area contributed by atoms with Gasteiger partial charge in [-0.1, -0.05) is 32.6 Å². The third-order valence-corrected chi connectivity index (χ3v) is 7.79. The molecule has 2 aromatic carbocycles. The van der Waals surface area contributed by atoms with Crippen LogP contribution in [0.3, 0.4) is 0 Å². The van der Waals surface area contributed by atoms with Crippen LogP contribution in [0.15, 0.2) is 53.4 Å². The molecule has 1 saturated heterocycles. The molecule has 1 aliphatic rings. The van der Waals surface area contributed by atoms with Gasteiger partial charge in [0.05, 0.1) is 11.5 Å². The lowest BCUT2D eigenvalue weighted by Gasteiger charge is -2.20. The van der Waals surface area contributed by atoms with Crippen LogP contribution in [0.25, 0.3) is 0 Å². The minimum absolute atomic E-state index is 0.132. The summed E-state index contributed by atoms with van der Waals surface area (Å²) in [5.74, 6) is 0.388. The fourth-order valence-corrected chi connectivity index (χ4v) is 5.45. The first-order valence-electron chi connectivity index (χ1n) is 11.9. The zero-order valence-electron chi connectivity index (χ0n) is 19.6. The maximum absolute atomic E-state index is 12.9. The van der Waals surface area contributed by atoms with Gasteiger partial charge < -0.3 is 10.1 Å². The highest BCUT2D eigenvalue weighted by Crippen LogP contribution is 2.22. The first-order valence-corrected chi connectivity index (χ1v) is 13.7. The van der Waals surface area contributed by atoms with Crippen LogP contribution in [0.1, 0.15) is 62.2 Å². The monoisotopic (exact) mass is 503 g/mol. The number of anilines is 1. The second kappa shape index (κ2) is 12.8. The van der Waals surface area contributed by atoms with E-state index in [9.17, 15) is 13.2 Å². The number of nitrogens with one attached hydrogen (secondary N) is 2. The minimum atomic E-state index is -3.51. The normalized spacial score (nSPS) is 14.7. The number of amides is 1. The van der Waals surface area contributed by atoms with E-state index in [1.807, 2.05) is 0 Å². The average Bonchev–Trinajstić information content (AvgIpc) is 3.13. The lowest BCUT2D eigenvalue weighted by atomic mass is 10.2. The molecule has 2 aromatic rings. The van der Waals surface area contributed by atoms with Crippen molar-refractivity contribution >= 4 is 38.9 Å². The van der Waals surface area contributed by atoms with Gasteiger partial charge in [0.15, 0.2) is 5.11 Å². The Morgan fingerprint density at radius 1 is 0.971 bits per heavy atom. The molecule has 2 N–H and O–H groups in total. The Balaban J connectivity index is 1.52. The molecule has 184 valence electrons. The Bertz CT molecular complexity index is 1050. The summed E-state index contributed by atoms with van der Waals surface area (Å²) < 4.78 is 33.0. The Hall–Kier alpha value is -2.49. The number of hydrogen-bond donors (Lipinski definition) is 2. The largest absolute Gasteiger partial charge is 0.494 e. The SMILES string of the molecule is CCCCCOc1ccc(C(=O)NC(=S)Nc2ccc(S(=O)(=O)N3CCCCCC3)cc2)cc1. The molecule has 0 aliphatic carbocycles. The number of hydrogen-bond acceptors (Lipinski definition) is 5. The molecule has 0 saturated carbocycles. The van der Waals surface area contributed by atoms with Crippen molar-refractivity contribution in [1.29, 1.82) is 0 Å². The summed E-state index contributed by atoms with van der Waals surface area (Å²) in [7, 11) is -3.51. The van der Waals surface area contributed by atoms with Crippen molar-refractivity contribution in [2.45, 2.75) is 56.8 Å². The molecule has 0 spiro atoms. The van der Waals surface area contributed by atoms with Gasteiger partial charge in [-0.3, -0.25) is 10.1 Å². The van der Waals surface area contributed by atoms with E-state index in [2.05, 4.69) is 17.6 Å². The van der Waals surface area contributed by atoms with Gasteiger partial charge in [0.1, 0.15) is 5.75 Å². The third kappa shape index (κ3) is 7.51. The van der Waals surface area contributed by atoms with E-state index in [1.54, 1.807) is 52.8 Å². The number of carbonyl (C=O) groups is 1. The smallest absolute Gasteiger partial charge is 0.257 e. The van der Waals surface area contributed by atoms with Gasteiger partial charge in [-0.15, -0.1) is 0 Å². The summed E-state index contributed by atoms with van der Waals surface area (Å²) in [6, 6.07) is 13.3. The van der Waals surface area contributed by atoms with Gasteiger partial charge in [-0.2, -0.15) is 4.31 Å². The number of unbranched alkanes of at least 4 members (excludes halogenated alkanes) is 2. The fraction of sp³-hybridized carbons (Fsp3) is 0.440. The molecule has 7 nitrogen and oxygen atoms in total. The highest BCUT2D eigenvalue weighted by Gasteiger charge is 2.25. The average molecular weight is 504 g/mol. The highest BCUT2D eigenvalue weighted by molar-refractivity contribution is 7.89. The van der Waals surface area contributed by atoms with Gasteiger partial charge >= 0.3 is 0 Å². The Kier molecular flexibility index (Phi) is 9.86. The molecule has 0 atom stereocenters. The van der Waals surface area contributed by atoms with Crippen LogP contribution in [-0.4, -0.2) is 43.4 Å². The number of thiocarbonyl (C=S) groups is 1. The van der Waals surface area contributed by atoms with Crippen molar-refractivity contribution < 1.29 is 17.9 Å². The molecule has 1 aliphatic heterocycles. The zero-order valence-corrected chi connectivity index (χ0v) is 21.2. The summed E-state index contributed by atoms with van der Waals surface area (Å²) in [6.45, 7) is 3.92. The Labute approximate surface area is 207 Å². The van der Waals surface area contributed by atoms with Gasteiger partial charge in [0.25, 0.3) is 5.91 Å². The predicted molar refractivity (Wildman–Crippen MR) is 139 cm³/mol. The number of nitrogens with zero attached hydrogens (tertiary/aromatic N) is 1. The molecular weight excluding hydrogens is 470 g/mol. The lowest BCUT2D eigenvalue weighted by Crippen LogP contribution is -2.34. The van der Waals surface area contributed by atoms with E-state index in [-0.39, 0.29) is 15.9 Å².